The number of benzene rings is 2. The first-order chi connectivity index (χ1) is 18.7. The number of pyridine rings is 1. The molecule has 0 spiro atoms. The summed E-state index contributed by atoms with van der Waals surface area (Å²) in [6.07, 6.45) is 2.89. The molecule has 2 aliphatic rings. The van der Waals surface area contributed by atoms with Gasteiger partial charge in [0.25, 0.3) is 5.91 Å². The van der Waals surface area contributed by atoms with E-state index in [0.29, 0.717) is 21.3 Å². The summed E-state index contributed by atoms with van der Waals surface area (Å²) in [6.45, 7) is 1.60. The first-order valence-corrected chi connectivity index (χ1v) is 13.7. The normalized spacial score (nSPS) is 23.9. The first kappa shape index (κ1) is 27.6. The van der Waals surface area contributed by atoms with Crippen LogP contribution in [0.1, 0.15) is 59.1 Å². The van der Waals surface area contributed by atoms with Crippen molar-refractivity contribution in [3.8, 4) is 0 Å². The second-order valence-electron chi connectivity index (χ2n) is 10.3. The zero-order chi connectivity index (χ0) is 27.7. The number of hydrogen-bond acceptors (Lipinski definition) is 6. The number of halogens is 2. The lowest BCUT2D eigenvalue weighted by molar-refractivity contribution is -0.205. The average molecular weight is 569 g/mol. The number of hydrogen-bond donors (Lipinski definition) is 1. The summed E-state index contributed by atoms with van der Waals surface area (Å²) in [7, 11) is 1.31. The number of methoxy groups -OCH3 is 1. The van der Waals surface area contributed by atoms with E-state index in [1.165, 1.54) is 13.3 Å². The number of nitrogens with zero attached hydrogens (tertiary/aromatic N) is 2. The molecule has 1 aliphatic carbocycles. The Morgan fingerprint density at radius 1 is 1.13 bits per heavy atom. The number of aliphatic hydroxyl groups is 1. The van der Waals surface area contributed by atoms with Crippen LogP contribution in [-0.4, -0.2) is 52.2 Å². The monoisotopic (exact) mass is 568 g/mol. The van der Waals surface area contributed by atoms with E-state index in [2.05, 4.69) is 4.98 Å². The van der Waals surface area contributed by atoms with E-state index in [4.69, 9.17) is 32.7 Å². The number of esters is 1. The molecule has 3 aromatic rings. The molecule has 1 amide bonds. The quantitative estimate of drug-likeness (QED) is 0.356. The van der Waals surface area contributed by atoms with Crippen molar-refractivity contribution in [2.24, 2.45) is 5.92 Å². The molecule has 5 rings (SSSR count). The van der Waals surface area contributed by atoms with Crippen molar-refractivity contribution >= 4 is 35.1 Å². The lowest BCUT2D eigenvalue weighted by Crippen LogP contribution is -2.62. The van der Waals surface area contributed by atoms with Crippen LogP contribution in [0.25, 0.3) is 0 Å². The smallest absolute Gasteiger partial charge is 0.339 e. The van der Waals surface area contributed by atoms with E-state index in [1.54, 1.807) is 37.3 Å². The number of rotatable bonds is 8. The molecule has 1 saturated carbocycles. The maximum atomic E-state index is 14.4. The zero-order valence-electron chi connectivity index (χ0n) is 21.7. The standard InChI is InChI=1S/C30H30Cl2N2O5/c1-30(15-24-13-10-21(16-33-24)28(36)38-2)29(37)34(25(17-35)18-6-7-18)26(19-8-11-22(31)12-9-19)27(39-30)20-4-3-5-23(32)14-20/h3-5,8-14,16,18,25-27,35H,6-7,15,17H2,1-2H3/t25?,26-,27-,30+/m1/s1. The molecule has 0 bridgehead atoms. The number of amides is 1. The van der Waals surface area contributed by atoms with Crippen LogP contribution >= 0.6 is 23.2 Å². The highest BCUT2D eigenvalue weighted by Crippen LogP contribution is 2.50. The Balaban J connectivity index is 1.60. The summed E-state index contributed by atoms with van der Waals surface area (Å²) in [4.78, 5) is 32.6. The minimum atomic E-state index is -1.31. The lowest BCUT2D eigenvalue weighted by Gasteiger charge is -2.51. The average Bonchev–Trinajstić information content (AvgIpc) is 3.77. The Morgan fingerprint density at radius 3 is 2.46 bits per heavy atom. The maximum absolute atomic E-state index is 14.4. The van der Waals surface area contributed by atoms with Crippen LogP contribution in [0.5, 0.6) is 0 Å². The molecule has 4 atom stereocenters. The highest BCUT2D eigenvalue weighted by atomic mass is 35.5. The molecule has 204 valence electrons. The summed E-state index contributed by atoms with van der Waals surface area (Å²) in [5, 5.41) is 11.7. The van der Waals surface area contributed by atoms with E-state index in [0.717, 1.165) is 24.0 Å². The highest BCUT2D eigenvalue weighted by molar-refractivity contribution is 6.30. The number of carbonyl (C=O) groups is 2. The van der Waals surface area contributed by atoms with Crippen molar-refractivity contribution in [3.63, 3.8) is 0 Å². The van der Waals surface area contributed by atoms with Gasteiger partial charge in [0.15, 0.2) is 5.60 Å². The van der Waals surface area contributed by atoms with Gasteiger partial charge in [-0.25, -0.2) is 4.79 Å². The van der Waals surface area contributed by atoms with Gasteiger partial charge in [0.1, 0.15) is 6.10 Å². The van der Waals surface area contributed by atoms with Gasteiger partial charge in [0.05, 0.1) is 31.4 Å². The molecule has 2 aromatic carbocycles. The van der Waals surface area contributed by atoms with Crippen LogP contribution in [-0.2, 0) is 20.7 Å². The topological polar surface area (TPSA) is 89.0 Å². The molecule has 39 heavy (non-hydrogen) atoms. The maximum Gasteiger partial charge on any atom is 0.339 e. The fraction of sp³-hybridized carbons (Fsp3) is 0.367. The van der Waals surface area contributed by atoms with E-state index in [9.17, 15) is 14.7 Å². The third kappa shape index (κ3) is 5.68. The summed E-state index contributed by atoms with van der Waals surface area (Å²) in [5.74, 6) is -0.516. The predicted octanol–water partition coefficient (Wildman–Crippen LogP) is 5.59. The van der Waals surface area contributed by atoms with Gasteiger partial charge in [-0.15, -0.1) is 0 Å². The Hall–Kier alpha value is -2.97. The van der Waals surface area contributed by atoms with E-state index < -0.39 is 23.7 Å². The van der Waals surface area contributed by atoms with Gasteiger partial charge >= 0.3 is 5.97 Å². The SMILES string of the molecule is COC(=O)c1ccc(C[C@]2(C)O[C@H](c3cccc(Cl)c3)[C@@H](c3ccc(Cl)cc3)N(C(CO)C3CC3)C2=O)nc1. The van der Waals surface area contributed by atoms with Gasteiger partial charge in [0.2, 0.25) is 0 Å². The van der Waals surface area contributed by atoms with Crippen LogP contribution in [0.3, 0.4) is 0 Å². The van der Waals surface area contributed by atoms with Crippen LogP contribution < -0.4 is 0 Å². The summed E-state index contributed by atoms with van der Waals surface area (Å²) in [6, 6.07) is 17.2. The Morgan fingerprint density at radius 2 is 1.87 bits per heavy atom. The van der Waals surface area contributed by atoms with Crippen molar-refractivity contribution in [2.75, 3.05) is 13.7 Å². The molecular weight excluding hydrogens is 539 g/mol. The summed E-state index contributed by atoms with van der Waals surface area (Å²) in [5.41, 5.74) is 1.25. The molecule has 1 N–H and O–H groups in total. The van der Waals surface area contributed by atoms with Gasteiger partial charge in [-0.1, -0.05) is 47.5 Å². The number of aromatic nitrogens is 1. The number of aliphatic hydroxyl groups excluding tert-OH is 1. The third-order valence-electron chi connectivity index (χ3n) is 7.52. The molecule has 2 heterocycles. The van der Waals surface area contributed by atoms with Gasteiger partial charge in [0, 0.05) is 28.4 Å². The van der Waals surface area contributed by atoms with Crippen molar-refractivity contribution in [1.82, 2.24) is 9.88 Å². The Bertz CT molecular complexity index is 1350. The van der Waals surface area contributed by atoms with E-state index in [-0.39, 0.29) is 30.9 Å². The molecule has 7 nitrogen and oxygen atoms in total. The summed E-state index contributed by atoms with van der Waals surface area (Å²) < 4.78 is 11.5. The predicted molar refractivity (Wildman–Crippen MR) is 148 cm³/mol. The largest absolute Gasteiger partial charge is 0.465 e. The Labute approximate surface area is 237 Å². The summed E-state index contributed by atoms with van der Waals surface area (Å²) >= 11 is 12.6. The van der Waals surface area contributed by atoms with E-state index in [1.807, 2.05) is 35.2 Å². The molecule has 9 heteroatoms. The van der Waals surface area contributed by atoms with Gasteiger partial charge < -0.3 is 19.5 Å². The second kappa shape index (κ2) is 11.3. The molecule has 1 aromatic heterocycles. The second-order valence-corrected chi connectivity index (χ2v) is 11.2. The molecule has 1 aliphatic heterocycles. The van der Waals surface area contributed by atoms with Crippen molar-refractivity contribution < 1.29 is 24.2 Å². The molecule has 1 unspecified atom stereocenters. The van der Waals surface area contributed by atoms with Gasteiger partial charge in [-0.2, -0.15) is 0 Å². The number of carbonyl (C=O) groups excluding carboxylic acids is 2. The first-order valence-electron chi connectivity index (χ1n) is 12.9. The number of morpholine rings is 1. The molecular formula is C30H30Cl2N2O5. The van der Waals surface area contributed by atoms with Crippen molar-refractivity contribution in [3.05, 3.63) is 99.3 Å². The third-order valence-corrected chi connectivity index (χ3v) is 8.01. The fourth-order valence-corrected chi connectivity index (χ4v) is 5.73. The molecule has 0 radical (unpaired) electrons. The highest BCUT2D eigenvalue weighted by Gasteiger charge is 2.54. The van der Waals surface area contributed by atoms with Crippen molar-refractivity contribution in [2.45, 2.75) is 50.0 Å². The Kier molecular flexibility index (Phi) is 7.96. The van der Waals surface area contributed by atoms with Crippen LogP contribution in [0.2, 0.25) is 10.0 Å². The van der Waals surface area contributed by atoms with Crippen molar-refractivity contribution in [1.29, 1.82) is 0 Å². The number of ether oxygens (including phenoxy) is 2. The van der Waals surface area contributed by atoms with Gasteiger partial charge in [-0.05, 0) is 73.2 Å². The molecule has 1 saturated heterocycles. The minimum absolute atomic E-state index is 0.162. The lowest BCUT2D eigenvalue weighted by atomic mass is 9.85. The molecule has 2 fully saturated rings. The zero-order valence-corrected chi connectivity index (χ0v) is 23.2. The van der Waals surface area contributed by atoms with Crippen LogP contribution in [0.15, 0.2) is 66.9 Å². The van der Waals surface area contributed by atoms with Gasteiger partial charge in [-0.3, -0.25) is 9.78 Å². The van der Waals surface area contributed by atoms with E-state index >= 15 is 0 Å². The van der Waals surface area contributed by atoms with Crippen LogP contribution in [0, 0.1) is 5.92 Å². The fourth-order valence-electron chi connectivity index (χ4n) is 5.40. The minimum Gasteiger partial charge on any atom is -0.465 e. The van der Waals surface area contributed by atoms with Crippen LogP contribution in [0.4, 0.5) is 0 Å².